The number of carbonyl (C=O) groups excluding carboxylic acids is 1. The van der Waals surface area contributed by atoms with Crippen molar-refractivity contribution in [2.45, 2.75) is 25.9 Å². The number of rotatable bonds is 8. The molecule has 2 aromatic rings. The maximum atomic E-state index is 11.8. The molecule has 0 fully saturated rings. The normalized spacial score (nSPS) is 12.0. The Hall–Kier alpha value is -2.14. The van der Waals surface area contributed by atoms with Crippen LogP contribution < -0.4 is 10.6 Å². The van der Waals surface area contributed by atoms with E-state index in [1.165, 1.54) is 0 Å². The van der Waals surface area contributed by atoms with Crippen LogP contribution in [-0.4, -0.2) is 28.8 Å². The Balaban J connectivity index is 1.59. The zero-order valence-electron chi connectivity index (χ0n) is 12.3. The molecule has 0 bridgehead atoms. The minimum atomic E-state index is 0.0442. The van der Waals surface area contributed by atoms with Crippen LogP contribution in [0.1, 0.15) is 24.9 Å². The smallest absolute Gasteiger partial charge is 0.221 e. The van der Waals surface area contributed by atoms with E-state index in [2.05, 4.69) is 15.7 Å². The maximum absolute atomic E-state index is 11.8. The zero-order valence-corrected chi connectivity index (χ0v) is 12.3. The van der Waals surface area contributed by atoms with E-state index in [4.69, 9.17) is 0 Å². The Kier molecular flexibility index (Phi) is 5.97. The molecule has 5 heteroatoms. The van der Waals surface area contributed by atoms with Crippen molar-refractivity contribution >= 4 is 5.91 Å². The molecule has 0 radical (unpaired) electrons. The third-order valence-corrected chi connectivity index (χ3v) is 3.28. The van der Waals surface area contributed by atoms with Crippen LogP contribution in [0.4, 0.5) is 0 Å². The van der Waals surface area contributed by atoms with Gasteiger partial charge in [-0.1, -0.05) is 30.3 Å². The lowest BCUT2D eigenvalue weighted by Gasteiger charge is -2.14. The largest absolute Gasteiger partial charge is 0.350 e. The summed E-state index contributed by atoms with van der Waals surface area (Å²) in [4.78, 5) is 11.8. The van der Waals surface area contributed by atoms with Gasteiger partial charge < -0.3 is 10.6 Å². The summed E-state index contributed by atoms with van der Waals surface area (Å²) >= 11 is 0. The Labute approximate surface area is 125 Å². The highest BCUT2D eigenvalue weighted by molar-refractivity contribution is 5.76. The molecule has 112 valence electrons. The van der Waals surface area contributed by atoms with Gasteiger partial charge in [0.2, 0.25) is 5.91 Å². The summed E-state index contributed by atoms with van der Waals surface area (Å²) in [6.45, 7) is 4.30. The molecule has 1 atom stereocenters. The average Bonchev–Trinajstić information content (AvgIpc) is 3.01. The molecule has 5 nitrogen and oxygen atoms in total. The lowest BCUT2D eigenvalue weighted by atomic mass is 10.1. The second-order valence-corrected chi connectivity index (χ2v) is 4.97. The number of hydrogen-bond acceptors (Lipinski definition) is 3. The number of benzene rings is 1. The first-order valence-electron chi connectivity index (χ1n) is 7.28. The van der Waals surface area contributed by atoms with Crippen LogP contribution >= 0.6 is 0 Å². The van der Waals surface area contributed by atoms with Crippen LogP contribution in [0.25, 0.3) is 0 Å². The third-order valence-electron chi connectivity index (χ3n) is 3.28. The third kappa shape index (κ3) is 5.39. The Morgan fingerprint density at radius 3 is 2.76 bits per heavy atom. The van der Waals surface area contributed by atoms with E-state index in [0.717, 1.165) is 18.7 Å². The number of nitrogens with zero attached hydrogens (tertiary/aromatic N) is 2. The predicted molar refractivity (Wildman–Crippen MR) is 82.7 cm³/mol. The Morgan fingerprint density at radius 2 is 2.05 bits per heavy atom. The van der Waals surface area contributed by atoms with E-state index < -0.39 is 0 Å². The van der Waals surface area contributed by atoms with E-state index in [1.807, 2.05) is 54.2 Å². The summed E-state index contributed by atoms with van der Waals surface area (Å²) < 4.78 is 1.87. The number of aromatic nitrogens is 2. The van der Waals surface area contributed by atoms with E-state index in [1.54, 1.807) is 6.20 Å². The Bertz CT molecular complexity index is 524. The fraction of sp³-hybridized carbons (Fsp3) is 0.375. The number of carbonyl (C=O) groups is 1. The van der Waals surface area contributed by atoms with Crippen LogP contribution in [0.15, 0.2) is 48.8 Å². The summed E-state index contributed by atoms with van der Waals surface area (Å²) in [6.07, 6.45) is 4.17. The van der Waals surface area contributed by atoms with E-state index in [0.29, 0.717) is 13.0 Å². The highest BCUT2D eigenvalue weighted by Crippen LogP contribution is 2.10. The molecule has 0 spiro atoms. The second-order valence-electron chi connectivity index (χ2n) is 4.97. The van der Waals surface area contributed by atoms with Gasteiger partial charge in [0.15, 0.2) is 0 Å². The van der Waals surface area contributed by atoms with E-state index in [9.17, 15) is 4.79 Å². The van der Waals surface area contributed by atoms with Gasteiger partial charge >= 0.3 is 0 Å². The average molecular weight is 286 g/mol. The Morgan fingerprint density at radius 1 is 1.24 bits per heavy atom. The van der Waals surface area contributed by atoms with Crippen LogP contribution in [0.2, 0.25) is 0 Å². The number of hydrogen-bond donors (Lipinski definition) is 2. The summed E-state index contributed by atoms with van der Waals surface area (Å²) in [5.74, 6) is 0.0675. The molecule has 1 amide bonds. The molecule has 1 aromatic heterocycles. The zero-order chi connectivity index (χ0) is 14.9. The van der Waals surface area contributed by atoms with E-state index >= 15 is 0 Å². The minimum absolute atomic E-state index is 0.0442. The van der Waals surface area contributed by atoms with Crippen molar-refractivity contribution < 1.29 is 4.79 Å². The van der Waals surface area contributed by atoms with Gasteiger partial charge in [0.25, 0.3) is 0 Å². The van der Waals surface area contributed by atoms with Gasteiger partial charge in [0.1, 0.15) is 0 Å². The summed E-state index contributed by atoms with van der Waals surface area (Å²) in [6, 6.07) is 11.9. The summed E-state index contributed by atoms with van der Waals surface area (Å²) in [5.41, 5.74) is 1.12. The molecule has 2 rings (SSSR count). The van der Waals surface area contributed by atoms with E-state index in [-0.39, 0.29) is 11.9 Å². The van der Waals surface area contributed by atoms with Crippen LogP contribution in [0.5, 0.6) is 0 Å². The van der Waals surface area contributed by atoms with Gasteiger partial charge in [-0.25, -0.2) is 0 Å². The highest BCUT2D eigenvalue weighted by Gasteiger charge is 2.08. The van der Waals surface area contributed by atoms with Crippen molar-refractivity contribution in [1.82, 2.24) is 20.4 Å². The monoisotopic (exact) mass is 286 g/mol. The topological polar surface area (TPSA) is 59.0 Å². The van der Waals surface area contributed by atoms with Crippen LogP contribution in [0, 0.1) is 0 Å². The predicted octanol–water partition coefficient (Wildman–Crippen LogP) is 1.74. The lowest BCUT2D eigenvalue weighted by molar-refractivity contribution is -0.121. The fourth-order valence-electron chi connectivity index (χ4n) is 2.09. The van der Waals surface area contributed by atoms with Crippen molar-refractivity contribution in [2.75, 3.05) is 13.1 Å². The maximum Gasteiger partial charge on any atom is 0.221 e. The molecule has 0 aliphatic rings. The second kappa shape index (κ2) is 8.21. The first kappa shape index (κ1) is 15.3. The number of amides is 1. The van der Waals surface area contributed by atoms with Gasteiger partial charge in [-0.3, -0.25) is 9.48 Å². The molecule has 21 heavy (non-hydrogen) atoms. The van der Waals surface area contributed by atoms with Crippen molar-refractivity contribution in [1.29, 1.82) is 0 Å². The molecule has 2 N–H and O–H groups in total. The van der Waals surface area contributed by atoms with Crippen molar-refractivity contribution in [3.63, 3.8) is 0 Å². The van der Waals surface area contributed by atoms with Crippen LogP contribution in [0.3, 0.4) is 0 Å². The first-order valence-corrected chi connectivity index (χ1v) is 7.28. The number of nitrogens with one attached hydrogen (secondary N) is 2. The van der Waals surface area contributed by atoms with Crippen molar-refractivity contribution in [3.05, 3.63) is 54.4 Å². The molecule has 0 aliphatic heterocycles. The molecule has 1 heterocycles. The summed E-state index contributed by atoms with van der Waals surface area (Å²) in [7, 11) is 0. The molecule has 1 aromatic carbocycles. The van der Waals surface area contributed by atoms with Gasteiger partial charge in [-0.15, -0.1) is 0 Å². The molecule has 0 saturated carbocycles. The van der Waals surface area contributed by atoms with Crippen LogP contribution in [-0.2, 0) is 11.3 Å². The minimum Gasteiger partial charge on any atom is -0.350 e. The van der Waals surface area contributed by atoms with Crippen molar-refractivity contribution in [2.24, 2.45) is 0 Å². The van der Waals surface area contributed by atoms with Gasteiger partial charge in [-0.05, 0) is 18.6 Å². The molecule has 0 unspecified atom stereocenters. The highest BCUT2D eigenvalue weighted by atomic mass is 16.1. The molecular weight excluding hydrogens is 264 g/mol. The molecular formula is C16H22N4O. The van der Waals surface area contributed by atoms with Gasteiger partial charge in [0, 0.05) is 31.9 Å². The quantitative estimate of drug-likeness (QED) is 0.727. The first-order chi connectivity index (χ1) is 10.3. The molecule has 0 saturated heterocycles. The summed E-state index contributed by atoms with van der Waals surface area (Å²) in [5, 5.41) is 10.4. The SMILES string of the molecule is C[C@@H](NC(=O)CCNCCn1cccn1)c1ccccc1. The standard InChI is InChI=1S/C16H22N4O/c1-14(15-6-3-2-4-7-15)19-16(21)8-10-17-11-13-20-12-5-9-18-20/h2-7,9,12,14,17H,8,10-11,13H2,1H3,(H,19,21)/t14-/m1/s1. The fourth-order valence-corrected chi connectivity index (χ4v) is 2.09. The van der Waals surface area contributed by atoms with Gasteiger partial charge in [0.05, 0.1) is 12.6 Å². The van der Waals surface area contributed by atoms with Crippen molar-refractivity contribution in [3.8, 4) is 0 Å². The lowest BCUT2D eigenvalue weighted by Crippen LogP contribution is -2.30. The molecule has 0 aliphatic carbocycles. The van der Waals surface area contributed by atoms with Gasteiger partial charge in [-0.2, -0.15) is 5.10 Å².